The summed E-state index contributed by atoms with van der Waals surface area (Å²) in [5.41, 5.74) is 2.34. The van der Waals surface area contributed by atoms with Crippen LogP contribution in [-0.2, 0) is 0 Å². The molecule has 0 spiro atoms. The maximum Gasteiger partial charge on any atom is 0.0746 e. The van der Waals surface area contributed by atoms with E-state index in [2.05, 4.69) is 46.5 Å². The van der Waals surface area contributed by atoms with Gasteiger partial charge in [-0.1, -0.05) is 17.7 Å². The smallest absolute Gasteiger partial charge is 0.0746 e. The summed E-state index contributed by atoms with van der Waals surface area (Å²) < 4.78 is 0. The van der Waals surface area contributed by atoms with E-state index in [1.165, 1.54) is 10.6 Å². The van der Waals surface area contributed by atoms with Crippen LogP contribution in [0.15, 0.2) is 46.9 Å². The standard InChI is InChI=1S/C16H18ClN3S/c1-13(16-3-2-12-21-16)18-20-10-8-19(9-11-20)15-6-4-14(17)5-7-15/h2-7,12H,8-11H2,1H3. The van der Waals surface area contributed by atoms with Crippen molar-refractivity contribution < 1.29 is 0 Å². The molecule has 0 amide bonds. The van der Waals surface area contributed by atoms with Crippen LogP contribution >= 0.6 is 22.9 Å². The molecule has 1 aromatic heterocycles. The van der Waals surface area contributed by atoms with Crippen molar-refractivity contribution in [3.8, 4) is 0 Å². The maximum absolute atomic E-state index is 5.94. The third kappa shape index (κ3) is 3.57. The molecule has 1 fully saturated rings. The molecule has 0 radical (unpaired) electrons. The maximum atomic E-state index is 5.94. The summed E-state index contributed by atoms with van der Waals surface area (Å²) in [6, 6.07) is 12.2. The Labute approximate surface area is 134 Å². The SMILES string of the molecule is CC(=NN1CCN(c2ccc(Cl)cc2)CC1)c1cccs1. The van der Waals surface area contributed by atoms with Crippen LogP contribution < -0.4 is 4.90 Å². The Balaban J connectivity index is 1.60. The lowest BCUT2D eigenvalue weighted by Gasteiger charge is -2.34. The molecule has 5 heteroatoms. The van der Waals surface area contributed by atoms with Crippen LogP contribution in [0.5, 0.6) is 0 Å². The topological polar surface area (TPSA) is 18.8 Å². The molecule has 0 atom stereocenters. The lowest BCUT2D eigenvalue weighted by atomic mass is 10.2. The van der Waals surface area contributed by atoms with Crippen LogP contribution in [0, 0.1) is 0 Å². The van der Waals surface area contributed by atoms with Crippen molar-refractivity contribution in [3.05, 3.63) is 51.7 Å². The van der Waals surface area contributed by atoms with Gasteiger partial charge < -0.3 is 4.90 Å². The van der Waals surface area contributed by atoms with Crippen molar-refractivity contribution in [2.75, 3.05) is 31.1 Å². The van der Waals surface area contributed by atoms with Gasteiger partial charge in [-0.15, -0.1) is 11.3 Å². The van der Waals surface area contributed by atoms with Crippen LogP contribution in [0.1, 0.15) is 11.8 Å². The number of piperazine rings is 1. The Hall–Kier alpha value is -1.52. The molecule has 0 N–H and O–H groups in total. The fourth-order valence-electron chi connectivity index (χ4n) is 2.45. The van der Waals surface area contributed by atoms with Gasteiger partial charge in [0.25, 0.3) is 0 Å². The van der Waals surface area contributed by atoms with E-state index in [1.807, 2.05) is 12.1 Å². The van der Waals surface area contributed by atoms with E-state index in [9.17, 15) is 0 Å². The molecule has 2 aromatic rings. The van der Waals surface area contributed by atoms with Crippen LogP contribution in [0.3, 0.4) is 0 Å². The molecule has 2 heterocycles. The number of nitrogens with zero attached hydrogens (tertiary/aromatic N) is 3. The summed E-state index contributed by atoms with van der Waals surface area (Å²) in [4.78, 5) is 3.62. The zero-order valence-corrected chi connectivity index (χ0v) is 13.6. The minimum Gasteiger partial charge on any atom is -0.368 e. The molecular weight excluding hydrogens is 302 g/mol. The highest BCUT2D eigenvalue weighted by Crippen LogP contribution is 2.20. The fraction of sp³-hybridized carbons (Fsp3) is 0.312. The monoisotopic (exact) mass is 319 g/mol. The largest absolute Gasteiger partial charge is 0.368 e. The van der Waals surface area contributed by atoms with Gasteiger partial charge in [-0.2, -0.15) is 5.10 Å². The fourth-order valence-corrected chi connectivity index (χ4v) is 3.25. The second kappa shape index (κ2) is 6.50. The molecule has 3 nitrogen and oxygen atoms in total. The predicted molar refractivity (Wildman–Crippen MR) is 91.8 cm³/mol. The molecule has 0 unspecified atom stereocenters. The number of benzene rings is 1. The van der Waals surface area contributed by atoms with Gasteiger partial charge in [0.2, 0.25) is 0 Å². The molecule has 1 saturated heterocycles. The highest BCUT2D eigenvalue weighted by atomic mass is 35.5. The molecule has 21 heavy (non-hydrogen) atoms. The van der Waals surface area contributed by atoms with Gasteiger partial charge in [0.15, 0.2) is 0 Å². The Morgan fingerprint density at radius 2 is 1.81 bits per heavy atom. The molecule has 1 aliphatic heterocycles. The molecule has 110 valence electrons. The van der Waals surface area contributed by atoms with Crippen molar-refractivity contribution in [1.29, 1.82) is 0 Å². The first kappa shape index (κ1) is 14.4. The van der Waals surface area contributed by atoms with E-state index in [0.717, 1.165) is 36.9 Å². The Morgan fingerprint density at radius 1 is 1.10 bits per heavy atom. The van der Waals surface area contributed by atoms with Crippen LogP contribution in [-0.4, -0.2) is 36.9 Å². The number of rotatable bonds is 3. The number of hydrogen-bond acceptors (Lipinski definition) is 4. The van der Waals surface area contributed by atoms with E-state index in [4.69, 9.17) is 16.7 Å². The molecular formula is C16H18ClN3S. The van der Waals surface area contributed by atoms with E-state index in [0.29, 0.717) is 0 Å². The van der Waals surface area contributed by atoms with Crippen LogP contribution in [0.2, 0.25) is 5.02 Å². The minimum atomic E-state index is 0.786. The van der Waals surface area contributed by atoms with Gasteiger partial charge in [-0.05, 0) is 42.6 Å². The van der Waals surface area contributed by atoms with Gasteiger partial charge in [0.1, 0.15) is 0 Å². The van der Waals surface area contributed by atoms with Gasteiger partial charge >= 0.3 is 0 Å². The first-order chi connectivity index (χ1) is 10.2. The van der Waals surface area contributed by atoms with E-state index in [-0.39, 0.29) is 0 Å². The summed E-state index contributed by atoms with van der Waals surface area (Å²) in [6.45, 7) is 5.96. The molecule has 0 saturated carbocycles. The number of thiophene rings is 1. The Bertz CT molecular complexity index is 599. The van der Waals surface area contributed by atoms with E-state index < -0.39 is 0 Å². The molecule has 1 aliphatic rings. The van der Waals surface area contributed by atoms with Crippen molar-refractivity contribution in [1.82, 2.24) is 5.01 Å². The summed E-state index contributed by atoms with van der Waals surface area (Å²) in [5.74, 6) is 0. The van der Waals surface area contributed by atoms with Gasteiger partial charge in [-0.25, -0.2) is 0 Å². The lowest BCUT2D eigenvalue weighted by Crippen LogP contribution is -2.44. The third-order valence-electron chi connectivity index (χ3n) is 3.62. The van der Waals surface area contributed by atoms with Crippen LogP contribution in [0.25, 0.3) is 0 Å². The van der Waals surface area contributed by atoms with E-state index >= 15 is 0 Å². The van der Waals surface area contributed by atoms with E-state index in [1.54, 1.807) is 11.3 Å². The summed E-state index contributed by atoms with van der Waals surface area (Å²) >= 11 is 7.67. The lowest BCUT2D eigenvalue weighted by molar-refractivity contribution is 0.270. The van der Waals surface area contributed by atoms with Crippen LogP contribution in [0.4, 0.5) is 5.69 Å². The van der Waals surface area contributed by atoms with Gasteiger partial charge in [0, 0.05) is 28.7 Å². The quantitative estimate of drug-likeness (QED) is 0.798. The van der Waals surface area contributed by atoms with Gasteiger partial charge in [0.05, 0.1) is 18.8 Å². The second-order valence-corrected chi connectivity index (χ2v) is 6.46. The zero-order valence-electron chi connectivity index (χ0n) is 12.0. The Morgan fingerprint density at radius 3 is 2.43 bits per heavy atom. The average molecular weight is 320 g/mol. The number of hydrogen-bond donors (Lipinski definition) is 0. The minimum absolute atomic E-state index is 0.786. The van der Waals surface area contributed by atoms with Crippen molar-refractivity contribution in [2.24, 2.45) is 5.10 Å². The predicted octanol–water partition coefficient (Wildman–Crippen LogP) is 3.95. The zero-order chi connectivity index (χ0) is 14.7. The van der Waals surface area contributed by atoms with Crippen molar-refractivity contribution in [2.45, 2.75) is 6.92 Å². The Kier molecular flexibility index (Phi) is 4.46. The number of halogens is 1. The highest BCUT2D eigenvalue weighted by Gasteiger charge is 2.16. The normalized spacial score (nSPS) is 16.4. The molecule has 0 aliphatic carbocycles. The molecule has 0 bridgehead atoms. The van der Waals surface area contributed by atoms with Crippen molar-refractivity contribution in [3.63, 3.8) is 0 Å². The highest BCUT2D eigenvalue weighted by molar-refractivity contribution is 7.12. The second-order valence-electron chi connectivity index (χ2n) is 5.08. The summed E-state index contributed by atoms with van der Waals surface area (Å²) in [5, 5.41) is 9.78. The van der Waals surface area contributed by atoms with Crippen molar-refractivity contribution >= 4 is 34.3 Å². The number of anilines is 1. The molecule has 1 aromatic carbocycles. The third-order valence-corrected chi connectivity index (χ3v) is 4.85. The molecule has 3 rings (SSSR count). The van der Waals surface area contributed by atoms with Gasteiger partial charge in [-0.3, -0.25) is 5.01 Å². The first-order valence-corrected chi connectivity index (χ1v) is 8.33. The summed E-state index contributed by atoms with van der Waals surface area (Å²) in [6.07, 6.45) is 0. The first-order valence-electron chi connectivity index (χ1n) is 7.07. The average Bonchev–Trinajstić information content (AvgIpc) is 3.03. The number of hydrazone groups is 1. The summed E-state index contributed by atoms with van der Waals surface area (Å²) in [7, 11) is 0.